The van der Waals surface area contributed by atoms with Crippen molar-refractivity contribution in [2.24, 2.45) is 0 Å². The van der Waals surface area contributed by atoms with E-state index in [1.807, 2.05) is 161 Å². The van der Waals surface area contributed by atoms with Crippen LogP contribution in [0.5, 0.6) is 0 Å². The molecule has 92 heavy (non-hydrogen) atoms. The van der Waals surface area contributed by atoms with Crippen molar-refractivity contribution in [2.75, 3.05) is 37.2 Å². The number of carbonyl (C=O) groups excluding carboxylic acids is 2. The lowest BCUT2D eigenvalue weighted by Gasteiger charge is -2.38. The van der Waals surface area contributed by atoms with Crippen LogP contribution in [0.4, 0.5) is 38.8 Å². The predicted molar refractivity (Wildman–Crippen MR) is 349 cm³/mol. The van der Waals surface area contributed by atoms with E-state index in [0.29, 0.717) is 21.9 Å². The Morgan fingerprint density at radius 1 is 0.533 bits per heavy atom. The number of amides is 2. The number of halogens is 7. The lowest BCUT2D eigenvalue weighted by Crippen LogP contribution is -2.59. The van der Waals surface area contributed by atoms with Crippen molar-refractivity contribution >= 4 is 81.1 Å². The second-order valence-corrected chi connectivity index (χ2v) is 21.6. The van der Waals surface area contributed by atoms with Gasteiger partial charge in [0.25, 0.3) is 11.8 Å². The standard InChI is InChI=1S/C29H22ClF2N5O.C25H19ClN4.C7H6N4O.C3H5F2N.C3H4N2.ClH/c30-25-16-24-23(17-33-25)26(34-27(38)36-18-28(31,32)19-36)35-37(24)29(20-10-4-1-5-11-20,21-12-6-2-7-13-21)22-14-8-3-9-15-22;26-23-16-22-21(17-28-23)24(27)29-30(22)25(18-10-4-1-5-11-18,19-12-6-2-7-13-19)20-14-8-3-9-15-20;12-7(10-3-1-8-5-10)11-4-2-9-6-11;4-3(5)1-6-2-3;1-2-5-3-4-1;/h1-17H,18-19H2,(H,34,35,38);1-17H,(H2,27,29);1-6H;6H,1-2H2;1-3H,(H,4,5);1H. The average molecular weight is 1300 g/mol. The number of hydrogen-bond acceptors (Lipinski definition) is 11. The number of H-pyrrole nitrogens is 1. The van der Waals surface area contributed by atoms with Crippen LogP contribution in [0.3, 0.4) is 0 Å². The summed E-state index contributed by atoms with van der Waals surface area (Å²) >= 11 is 12.7. The van der Waals surface area contributed by atoms with Gasteiger partial charge in [-0.25, -0.2) is 61.4 Å². The molecule has 0 bridgehead atoms. The summed E-state index contributed by atoms with van der Waals surface area (Å²) in [5.74, 6) is -4.64. The molecule has 18 nitrogen and oxygen atoms in total. The number of benzene rings is 6. The van der Waals surface area contributed by atoms with Gasteiger partial charge in [0.1, 0.15) is 34.0 Å². The predicted octanol–water partition coefficient (Wildman–Crippen LogP) is 13.6. The lowest BCUT2D eigenvalue weighted by molar-refractivity contribution is -0.107. The van der Waals surface area contributed by atoms with Crippen LogP contribution in [0.15, 0.2) is 263 Å². The topological polar surface area (TPSA) is 213 Å². The number of alkyl halides is 4. The Morgan fingerprint density at radius 3 is 1.23 bits per heavy atom. The highest BCUT2D eigenvalue weighted by Gasteiger charge is 2.47. The van der Waals surface area contributed by atoms with Gasteiger partial charge < -0.3 is 20.9 Å². The molecule has 2 aliphatic rings. The third-order valence-electron chi connectivity index (χ3n) is 14.9. The second-order valence-electron chi connectivity index (χ2n) is 20.8. The third kappa shape index (κ3) is 13.8. The minimum absolute atomic E-state index is 0. The Hall–Kier alpha value is -10.5. The van der Waals surface area contributed by atoms with Crippen LogP contribution in [0.1, 0.15) is 33.4 Å². The normalized spacial score (nSPS) is 13.5. The van der Waals surface area contributed by atoms with E-state index in [0.717, 1.165) is 49.2 Å². The fourth-order valence-electron chi connectivity index (χ4n) is 10.7. The number of fused-ring (bicyclic) bond motifs is 2. The third-order valence-corrected chi connectivity index (χ3v) is 15.3. The number of nitrogens with one attached hydrogen (secondary N) is 3. The number of hydrogen-bond donors (Lipinski definition) is 4. The zero-order chi connectivity index (χ0) is 63.4. The summed E-state index contributed by atoms with van der Waals surface area (Å²) in [5.41, 5.74) is 12.0. The van der Waals surface area contributed by atoms with E-state index in [1.165, 1.54) is 28.0 Å². The number of imidazole rings is 3. The highest BCUT2D eigenvalue weighted by Crippen LogP contribution is 2.45. The maximum atomic E-state index is 13.4. The fraction of sp³-hybridized carbons (Fsp3) is 0.119. The number of aromatic nitrogens is 12. The van der Waals surface area contributed by atoms with Crippen LogP contribution in [0.25, 0.3) is 21.8 Å². The Balaban J connectivity index is 0.000000150. The van der Waals surface area contributed by atoms with Gasteiger partial charge in [0, 0.05) is 61.7 Å². The highest BCUT2D eigenvalue weighted by atomic mass is 35.5. The van der Waals surface area contributed by atoms with E-state index in [9.17, 15) is 27.2 Å². The number of anilines is 2. The first-order chi connectivity index (χ1) is 44.2. The number of nitrogens with two attached hydrogens (primary N) is 1. The van der Waals surface area contributed by atoms with Gasteiger partial charge in [-0.3, -0.25) is 14.5 Å². The molecule has 2 fully saturated rings. The average Bonchev–Trinajstić information content (AvgIpc) is 1.62. The van der Waals surface area contributed by atoms with E-state index in [2.05, 4.69) is 76.9 Å². The maximum absolute atomic E-state index is 13.4. The molecule has 25 heteroatoms. The van der Waals surface area contributed by atoms with Gasteiger partial charge in [-0.2, -0.15) is 10.2 Å². The molecule has 0 spiro atoms. The molecule has 6 aromatic carbocycles. The van der Waals surface area contributed by atoms with Crippen LogP contribution < -0.4 is 16.4 Å². The Morgan fingerprint density at radius 2 is 0.913 bits per heavy atom. The molecular weight excluding hydrogens is 1240 g/mol. The lowest BCUT2D eigenvalue weighted by atomic mass is 9.77. The van der Waals surface area contributed by atoms with Crippen LogP contribution >= 0.6 is 35.6 Å². The van der Waals surface area contributed by atoms with Crippen molar-refractivity contribution in [2.45, 2.75) is 22.9 Å². The van der Waals surface area contributed by atoms with Gasteiger partial charge in [0.15, 0.2) is 11.6 Å². The SMILES string of the molecule is Cl.FC1(F)CNC1.Nc1nn(C(c2ccccc2)(c2ccccc2)c2ccccc2)c2cc(Cl)ncc12.O=C(Nc1nn(C(c2ccccc2)(c2ccccc2)c2ccccc2)c2cc(Cl)ncc12)N1CC(F)(F)C1.O=C(n1ccnc1)n1ccnc1.c1c[nH]cn1. The van der Waals surface area contributed by atoms with Crippen molar-refractivity contribution in [3.63, 3.8) is 0 Å². The fourth-order valence-corrected chi connectivity index (χ4v) is 11.0. The van der Waals surface area contributed by atoms with Gasteiger partial charge in [0.2, 0.25) is 0 Å². The van der Waals surface area contributed by atoms with Crippen LogP contribution in [-0.2, 0) is 11.1 Å². The molecule has 15 rings (SSSR count). The van der Waals surface area contributed by atoms with Crippen LogP contribution in [-0.4, -0.2) is 114 Å². The molecule has 2 saturated heterocycles. The molecule has 2 aliphatic heterocycles. The number of aromatic amines is 1. The number of likely N-dealkylation sites (tertiary alicyclic amines) is 1. The highest BCUT2D eigenvalue weighted by molar-refractivity contribution is 6.30. The van der Waals surface area contributed by atoms with E-state index in [4.69, 9.17) is 39.1 Å². The van der Waals surface area contributed by atoms with Gasteiger partial charge in [0.05, 0.1) is 54.3 Å². The van der Waals surface area contributed by atoms with Crippen molar-refractivity contribution < 1.29 is 27.2 Å². The summed E-state index contributed by atoms with van der Waals surface area (Å²) in [6.45, 7) is -1.53. The zero-order valence-corrected chi connectivity index (χ0v) is 50.9. The molecule has 7 aromatic heterocycles. The molecule has 0 atom stereocenters. The summed E-state index contributed by atoms with van der Waals surface area (Å²) in [7, 11) is 0. The Bertz CT molecular complexity index is 4200. The summed E-state index contributed by atoms with van der Waals surface area (Å²) in [6.07, 6.45) is 17.5. The number of carbonyl (C=O) groups is 2. The molecule has 2 amide bonds. The zero-order valence-electron chi connectivity index (χ0n) is 48.6. The van der Waals surface area contributed by atoms with Crippen molar-refractivity contribution in [1.82, 2.24) is 68.8 Å². The van der Waals surface area contributed by atoms with Crippen molar-refractivity contribution in [3.05, 3.63) is 306 Å². The number of nitrogen functional groups attached to an aromatic ring is 1. The molecule has 0 radical (unpaired) electrons. The molecule has 5 N–H and O–H groups in total. The first-order valence-electron chi connectivity index (χ1n) is 28.3. The minimum atomic E-state index is -2.88. The largest absolute Gasteiger partial charge is 0.382 e. The first kappa shape index (κ1) is 64.5. The summed E-state index contributed by atoms with van der Waals surface area (Å²) < 4.78 is 56.4. The molecule has 0 aliphatic carbocycles. The van der Waals surface area contributed by atoms with Crippen LogP contribution in [0, 0.1) is 0 Å². The smallest absolute Gasteiger partial charge is 0.338 e. The van der Waals surface area contributed by atoms with Gasteiger partial charge in [-0.15, -0.1) is 12.4 Å². The summed E-state index contributed by atoms with van der Waals surface area (Å²) in [6, 6.07) is 63.4. The Labute approximate surface area is 540 Å². The molecule has 466 valence electrons. The summed E-state index contributed by atoms with van der Waals surface area (Å²) in [4.78, 5) is 47.7. The van der Waals surface area contributed by atoms with E-state index < -0.39 is 42.0 Å². The molecule has 9 heterocycles. The number of nitrogens with zero attached hydrogens (tertiary/aromatic N) is 12. The van der Waals surface area contributed by atoms with Gasteiger partial charge in [-0.1, -0.05) is 205 Å². The quantitative estimate of drug-likeness (QED) is 0.0606. The number of rotatable bonds is 9. The second kappa shape index (κ2) is 28.5. The van der Waals surface area contributed by atoms with E-state index in [1.54, 1.807) is 55.8 Å². The first-order valence-corrected chi connectivity index (χ1v) is 29.1. The minimum Gasteiger partial charge on any atom is -0.382 e. The van der Waals surface area contributed by atoms with Gasteiger partial charge in [-0.05, 0) is 33.4 Å². The molecular formula is C67H57Cl3F4N16O2. The Kier molecular flexibility index (Phi) is 20.0. The van der Waals surface area contributed by atoms with E-state index in [-0.39, 0.29) is 42.5 Å². The summed E-state index contributed by atoms with van der Waals surface area (Å²) in [5, 5.41) is 16.9. The molecule has 13 aromatic rings. The van der Waals surface area contributed by atoms with Crippen molar-refractivity contribution in [3.8, 4) is 0 Å². The number of pyridine rings is 2. The van der Waals surface area contributed by atoms with Crippen molar-refractivity contribution in [1.29, 1.82) is 0 Å². The number of urea groups is 1. The van der Waals surface area contributed by atoms with E-state index >= 15 is 0 Å². The van der Waals surface area contributed by atoms with Gasteiger partial charge >= 0.3 is 12.1 Å². The molecule has 0 saturated carbocycles. The molecule has 0 unspecified atom stereocenters. The monoisotopic (exact) mass is 1300 g/mol. The van der Waals surface area contributed by atoms with Crippen LogP contribution in [0.2, 0.25) is 10.3 Å². The maximum Gasteiger partial charge on any atom is 0.338 e.